The highest BCUT2D eigenvalue weighted by Gasteiger charge is 2.73. The lowest BCUT2D eigenvalue weighted by molar-refractivity contribution is -0.145. The predicted molar refractivity (Wildman–Crippen MR) is 103 cm³/mol. The third kappa shape index (κ3) is 2.64. The highest BCUT2D eigenvalue weighted by molar-refractivity contribution is 5.94. The molecule has 6 rings (SSSR count). The van der Waals surface area contributed by atoms with Crippen LogP contribution in [0.25, 0.3) is 0 Å². The molecule has 29 heavy (non-hydrogen) atoms. The van der Waals surface area contributed by atoms with Crippen LogP contribution in [0.5, 0.6) is 5.75 Å². The van der Waals surface area contributed by atoms with Crippen LogP contribution in [0.4, 0.5) is 0 Å². The topological polar surface area (TPSA) is 90.9 Å². The van der Waals surface area contributed by atoms with Gasteiger partial charge in [-0.1, -0.05) is 12.1 Å². The molecular weight excluding hydrogens is 364 g/mol. The van der Waals surface area contributed by atoms with Gasteiger partial charge in [0.15, 0.2) is 5.41 Å². The van der Waals surface area contributed by atoms with Gasteiger partial charge in [-0.05, 0) is 74.0 Å². The first kappa shape index (κ1) is 18.4. The van der Waals surface area contributed by atoms with E-state index in [1.807, 2.05) is 0 Å². The maximum Gasteiger partial charge on any atom is 0.308 e. The molecule has 0 spiro atoms. The summed E-state index contributed by atoms with van der Waals surface area (Å²) in [5, 5.41) is 19.7. The van der Waals surface area contributed by atoms with Crippen LogP contribution >= 0.6 is 0 Å². The fourth-order valence-electron chi connectivity index (χ4n) is 7.16. The zero-order chi connectivity index (χ0) is 20.4. The van der Waals surface area contributed by atoms with Gasteiger partial charge in [-0.3, -0.25) is 9.59 Å². The van der Waals surface area contributed by atoms with Crippen molar-refractivity contribution in [1.29, 1.82) is 10.5 Å². The first-order chi connectivity index (χ1) is 13.9. The average molecular weight is 388 g/mol. The molecule has 2 atom stereocenters. The summed E-state index contributed by atoms with van der Waals surface area (Å²) in [6.07, 6.45) is 6.58. The van der Waals surface area contributed by atoms with Gasteiger partial charge in [0, 0.05) is 18.3 Å². The van der Waals surface area contributed by atoms with Gasteiger partial charge in [0.2, 0.25) is 0 Å². The minimum absolute atomic E-state index is 0.161. The number of ketones is 1. The van der Waals surface area contributed by atoms with Crippen LogP contribution in [-0.4, -0.2) is 11.8 Å². The minimum Gasteiger partial charge on any atom is -0.427 e. The largest absolute Gasteiger partial charge is 0.427 e. The lowest BCUT2D eigenvalue weighted by Gasteiger charge is -2.56. The number of nitrogens with zero attached hydrogens (tertiary/aromatic N) is 2. The molecule has 0 radical (unpaired) electrons. The van der Waals surface area contributed by atoms with E-state index in [1.54, 1.807) is 24.3 Å². The van der Waals surface area contributed by atoms with Crippen LogP contribution < -0.4 is 4.74 Å². The minimum atomic E-state index is -1.27. The first-order valence-corrected chi connectivity index (χ1v) is 10.6. The van der Waals surface area contributed by atoms with Gasteiger partial charge in [0.25, 0.3) is 0 Å². The van der Waals surface area contributed by atoms with E-state index in [-0.39, 0.29) is 11.2 Å². The fourth-order valence-corrected chi connectivity index (χ4v) is 7.16. The number of benzene rings is 1. The Kier molecular flexibility index (Phi) is 3.91. The van der Waals surface area contributed by atoms with E-state index < -0.39 is 23.2 Å². The van der Waals surface area contributed by atoms with E-state index in [9.17, 15) is 20.1 Å². The Balaban J connectivity index is 1.45. The van der Waals surface area contributed by atoms with Gasteiger partial charge in [-0.25, -0.2) is 0 Å². The number of rotatable bonds is 4. The smallest absolute Gasteiger partial charge is 0.308 e. The van der Waals surface area contributed by atoms with Gasteiger partial charge < -0.3 is 4.74 Å². The van der Waals surface area contributed by atoms with Crippen LogP contribution in [0, 0.1) is 57.2 Å². The zero-order valence-corrected chi connectivity index (χ0v) is 16.6. The molecule has 0 aromatic heterocycles. The molecule has 5 aliphatic rings. The van der Waals surface area contributed by atoms with Crippen molar-refractivity contribution < 1.29 is 14.3 Å². The number of nitriles is 2. The second-order valence-electron chi connectivity index (χ2n) is 9.77. The first-order valence-electron chi connectivity index (χ1n) is 10.6. The molecule has 0 heterocycles. The van der Waals surface area contributed by atoms with E-state index in [4.69, 9.17) is 4.74 Å². The Hall–Kier alpha value is -2.66. The lowest BCUT2D eigenvalue weighted by Crippen LogP contribution is -2.50. The van der Waals surface area contributed by atoms with Crippen molar-refractivity contribution in [2.45, 2.75) is 51.4 Å². The number of ether oxygens (including phenoxy) is 1. The van der Waals surface area contributed by atoms with E-state index in [2.05, 4.69) is 12.1 Å². The van der Waals surface area contributed by atoms with Gasteiger partial charge in [-0.15, -0.1) is 0 Å². The highest BCUT2D eigenvalue weighted by Crippen LogP contribution is 2.70. The molecule has 5 nitrogen and oxygen atoms in total. The summed E-state index contributed by atoms with van der Waals surface area (Å²) >= 11 is 0. The highest BCUT2D eigenvalue weighted by atomic mass is 16.5. The SMILES string of the molecule is CC(=O)Oc1ccc([C@H]2[C@H](C(=O)C34CC5CC(CC(C5)C3)C4)C2(C#N)C#N)cc1. The van der Waals surface area contributed by atoms with Crippen LogP contribution in [0.2, 0.25) is 0 Å². The normalized spacial score (nSPS) is 38.0. The summed E-state index contributed by atoms with van der Waals surface area (Å²) in [7, 11) is 0. The molecule has 5 saturated carbocycles. The second-order valence-corrected chi connectivity index (χ2v) is 9.77. The average Bonchev–Trinajstić information content (AvgIpc) is 3.35. The van der Waals surface area contributed by atoms with Crippen LogP contribution in [0.3, 0.4) is 0 Å². The molecule has 5 fully saturated rings. The van der Waals surface area contributed by atoms with Crippen molar-refractivity contribution in [3.8, 4) is 17.9 Å². The summed E-state index contributed by atoms with van der Waals surface area (Å²) < 4.78 is 5.08. The van der Waals surface area contributed by atoms with Crippen molar-refractivity contribution >= 4 is 11.8 Å². The Morgan fingerprint density at radius 2 is 1.48 bits per heavy atom. The zero-order valence-electron chi connectivity index (χ0n) is 16.6. The molecule has 0 N–H and O–H groups in total. The summed E-state index contributed by atoms with van der Waals surface area (Å²) in [6.45, 7) is 1.34. The number of esters is 1. The summed E-state index contributed by atoms with van der Waals surface area (Å²) in [4.78, 5) is 25.0. The van der Waals surface area contributed by atoms with E-state index in [0.717, 1.165) is 24.8 Å². The van der Waals surface area contributed by atoms with Gasteiger partial charge in [0.05, 0.1) is 18.1 Å². The van der Waals surface area contributed by atoms with Crippen molar-refractivity contribution in [3.63, 3.8) is 0 Å². The molecular formula is C24H24N2O3. The molecule has 1 aromatic carbocycles. The number of hydrogen-bond acceptors (Lipinski definition) is 5. The molecule has 0 unspecified atom stereocenters. The van der Waals surface area contributed by atoms with Crippen LogP contribution in [0.1, 0.15) is 56.9 Å². The Labute approximate surface area is 170 Å². The van der Waals surface area contributed by atoms with Crippen molar-refractivity contribution in [2.24, 2.45) is 34.5 Å². The Morgan fingerprint density at radius 3 is 1.93 bits per heavy atom. The molecule has 5 heteroatoms. The number of carbonyl (C=O) groups is 2. The second kappa shape index (κ2) is 6.17. The number of carbonyl (C=O) groups excluding carboxylic acids is 2. The molecule has 1 aromatic rings. The van der Waals surface area contributed by atoms with Gasteiger partial charge in [-0.2, -0.15) is 10.5 Å². The maximum absolute atomic E-state index is 13.8. The monoisotopic (exact) mass is 388 g/mol. The van der Waals surface area contributed by atoms with Gasteiger partial charge in [0.1, 0.15) is 11.5 Å². The van der Waals surface area contributed by atoms with Crippen molar-refractivity contribution in [3.05, 3.63) is 29.8 Å². The molecule has 4 bridgehead atoms. The molecule has 0 amide bonds. The van der Waals surface area contributed by atoms with Crippen LogP contribution in [0.15, 0.2) is 24.3 Å². The molecule has 0 aliphatic heterocycles. The number of Topliss-reactive ketones (excluding diaryl/α,β-unsaturated/α-hetero) is 1. The Morgan fingerprint density at radius 1 is 0.966 bits per heavy atom. The van der Waals surface area contributed by atoms with Crippen LogP contribution in [-0.2, 0) is 9.59 Å². The van der Waals surface area contributed by atoms with E-state index in [0.29, 0.717) is 23.5 Å². The van der Waals surface area contributed by atoms with E-state index >= 15 is 0 Å². The number of hydrogen-bond donors (Lipinski definition) is 0. The standard InChI is InChI=1S/C24H24N2O3/c1-14(27)29-19-4-2-18(3-5-19)20-21(24(20,12-25)13-26)22(28)23-9-15-6-16(10-23)8-17(7-15)11-23/h2-5,15-17,20-21H,6-11H2,1H3/t15?,16?,17?,20-,21+,23?/m0/s1. The predicted octanol–water partition coefficient (Wildman–Crippen LogP) is 4.14. The molecule has 5 aliphatic carbocycles. The maximum atomic E-state index is 13.8. The Bertz CT molecular complexity index is 916. The van der Waals surface area contributed by atoms with Crippen molar-refractivity contribution in [1.82, 2.24) is 0 Å². The lowest BCUT2D eigenvalue weighted by atomic mass is 9.48. The quantitative estimate of drug-likeness (QED) is 0.571. The summed E-state index contributed by atoms with van der Waals surface area (Å²) in [5.74, 6) is 1.16. The van der Waals surface area contributed by atoms with Crippen molar-refractivity contribution in [2.75, 3.05) is 0 Å². The summed E-state index contributed by atoms with van der Waals surface area (Å²) in [6, 6.07) is 11.3. The van der Waals surface area contributed by atoms with E-state index in [1.165, 1.54) is 26.2 Å². The third-order valence-corrected chi connectivity index (χ3v) is 7.92. The third-order valence-electron chi connectivity index (χ3n) is 7.92. The summed E-state index contributed by atoms with van der Waals surface area (Å²) in [5.41, 5.74) is -0.791. The molecule has 148 valence electrons. The van der Waals surface area contributed by atoms with Gasteiger partial charge >= 0.3 is 5.97 Å². The molecule has 0 saturated heterocycles. The fraction of sp³-hybridized carbons (Fsp3) is 0.583.